The maximum Gasteiger partial charge on any atom is 0.257 e. The van der Waals surface area contributed by atoms with Gasteiger partial charge in [0.15, 0.2) is 0 Å². The zero-order valence-corrected chi connectivity index (χ0v) is 15.6. The summed E-state index contributed by atoms with van der Waals surface area (Å²) in [5, 5.41) is 4.25. The molecule has 3 aromatic rings. The number of H-pyrrole nitrogens is 1. The lowest BCUT2D eigenvalue weighted by molar-refractivity contribution is 0.0601. The number of hydrogen-bond donors (Lipinski definition) is 1. The second-order valence-corrected chi connectivity index (χ2v) is 7.17. The molecule has 26 heavy (non-hydrogen) atoms. The largest absolute Gasteiger partial charge is 0.340 e. The van der Waals surface area contributed by atoms with Gasteiger partial charge in [-0.15, -0.1) is 0 Å². The molecular weight excluding hydrogens is 326 g/mol. The quantitative estimate of drug-likeness (QED) is 0.781. The number of imidazole rings is 1. The number of aromatic nitrogens is 4. The fourth-order valence-electron chi connectivity index (χ4n) is 3.72. The van der Waals surface area contributed by atoms with Gasteiger partial charge in [-0.1, -0.05) is 0 Å². The number of nitrogens with zero attached hydrogens (tertiary/aromatic N) is 4. The van der Waals surface area contributed by atoms with Gasteiger partial charge in [-0.3, -0.25) is 9.48 Å². The predicted octanol–water partition coefficient (Wildman–Crippen LogP) is 3.76. The van der Waals surface area contributed by atoms with E-state index < -0.39 is 0 Å². The van der Waals surface area contributed by atoms with E-state index in [0.29, 0.717) is 5.56 Å². The Kier molecular flexibility index (Phi) is 4.26. The van der Waals surface area contributed by atoms with Crippen LogP contribution in [0.3, 0.4) is 0 Å². The summed E-state index contributed by atoms with van der Waals surface area (Å²) < 4.78 is 1.79. The molecule has 0 bridgehead atoms. The lowest BCUT2D eigenvalue weighted by atomic mass is 10.0. The van der Waals surface area contributed by atoms with Crippen molar-refractivity contribution in [3.05, 3.63) is 47.0 Å². The van der Waals surface area contributed by atoms with Crippen molar-refractivity contribution < 1.29 is 4.79 Å². The van der Waals surface area contributed by atoms with E-state index in [-0.39, 0.29) is 11.9 Å². The van der Waals surface area contributed by atoms with Crippen LogP contribution in [0.1, 0.15) is 59.5 Å². The zero-order chi connectivity index (χ0) is 18.3. The van der Waals surface area contributed by atoms with Gasteiger partial charge in [0, 0.05) is 19.3 Å². The average Bonchev–Trinajstić information content (AvgIpc) is 3.28. The third kappa shape index (κ3) is 2.89. The minimum Gasteiger partial charge on any atom is -0.340 e. The second kappa shape index (κ2) is 6.59. The van der Waals surface area contributed by atoms with Gasteiger partial charge in [0.25, 0.3) is 5.91 Å². The first-order valence-corrected chi connectivity index (χ1v) is 9.37. The molecule has 4 rings (SSSR count). The highest BCUT2D eigenvalue weighted by Crippen LogP contribution is 2.32. The lowest BCUT2D eigenvalue weighted by Crippen LogP contribution is -2.38. The number of carbonyl (C=O) groups excluding carboxylic acids is 1. The van der Waals surface area contributed by atoms with Crippen molar-refractivity contribution in [3.8, 4) is 0 Å². The second-order valence-electron chi connectivity index (χ2n) is 7.17. The highest BCUT2D eigenvalue weighted by atomic mass is 16.2. The number of amides is 1. The Bertz CT molecular complexity index is 915. The van der Waals surface area contributed by atoms with Crippen LogP contribution < -0.4 is 0 Å². The Hall–Kier alpha value is -2.63. The Morgan fingerprint density at radius 2 is 2.08 bits per heavy atom. The van der Waals surface area contributed by atoms with Crippen LogP contribution in [0.15, 0.2) is 24.5 Å². The van der Waals surface area contributed by atoms with Gasteiger partial charge in [-0.25, -0.2) is 4.98 Å². The molecular formula is C20H25N5O. The number of benzene rings is 1. The fourth-order valence-corrected chi connectivity index (χ4v) is 3.72. The molecule has 1 aliphatic heterocycles. The van der Waals surface area contributed by atoms with Crippen LogP contribution in [-0.4, -0.2) is 37.1 Å². The number of aryl methyl sites for hydroxylation is 3. The molecule has 0 saturated carbocycles. The third-order valence-corrected chi connectivity index (χ3v) is 5.40. The molecule has 1 N–H and O–H groups in total. The number of fused-ring (bicyclic) bond motifs is 1. The molecule has 2 aromatic heterocycles. The Morgan fingerprint density at radius 3 is 2.85 bits per heavy atom. The number of rotatable bonds is 3. The predicted molar refractivity (Wildman–Crippen MR) is 101 cm³/mol. The van der Waals surface area contributed by atoms with Crippen LogP contribution in [0.2, 0.25) is 0 Å². The third-order valence-electron chi connectivity index (χ3n) is 5.40. The zero-order valence-electron chi connectivity index (χ0n) is 15.6. The van der Waals surface area contributed by atoms with Gasteiger partial charge in [0.2, 0.25) is 0 Å². The van der Waals surface area contributed by atoms with Crippen LogP contribution in [0.5, 0.6) is 0 Å². The van der Waals surface area contributed by atoms with E-state index in [1.54, 1.807) is 10.9 Å². The van der Waals surface area contributed by atoms with E-state index in [1.807, 2.05) is 18.0 Å². The standard InChI is InChI=1S/C20H25N5O/c1-4-24-12-15(11-21-24)20(26)25-8-6-5-7-18(25)19-22-16-9-13(2)14(3)10-17(16)23-19/h9-12,18H,4-8H2,1-3H3,(H,22,23). The van der Waals surface area contributed by atoms with Crippen molar-refractivity contribution in [2.45, 2.75) is 52.6 Å². The Balaban J connectivity index is 1.68. The minimum atomic E-state index is -0.00533. The van der Waals surface area contributed by atoms with Crippen LogP contribution in [0.4, 0.5) is 0 Å². The molecule has 1 aromatic carbocycles. The summed E-state index contributed by atoms with van der Waals surface area (Å²) in [4.78, 5) is 23.3. The maximum atomic E-state index is 13.1. The number of aromatic amines is 1. The molecule has 1 amide bonds. The summed E-state index contributed by atoms with van der Waals surface area (Å²) in [5.74, 6) is 0.933. The number of piperidine rings is 1. The summed E-state index contributed by atoms with van der Waals surface area (Å²) in [6, 6.07) is 4.25. The first-order valence-electron chi connectivity index (χ1n) is 9.37. The summed E-state index contributed by atoms with van der Waals surface area (Å²) in [6.45, 7) is 7.75. The highest BCUT2D eigenvalue weighted by Gasteiger charge is 2.31. The SMILES string of the molecule is CCn1cc(C(=O)N2CCCCC2c2nc3cc(C)c(C)cc3[nH]2)cn1. The molecule has 6 heteroatoms. The van der Waals surface area contributed by atoms with Crippen molar-refractivity contribution >= 4 is 16.9 Å². The number of nitrogens with one attached hydrogen (secondary N) is 1. The van der Waals surface area contributed by atoms with Gasteiger partial charge in [0.05, 0.1) is 28.8 Å². The molecule has 1 aliphatic rings. The highest BCUT2D eigenvalue weighted by molar-refractivity contribution is 5.94. The molecule has 1 saturated heterocycles. The van der Waals surface area contributed by atoms with Gasteiger partial charge in [-0.05, 0) is 63.3 Å². The summed E-state index contributed by atoms with van der Waals surface area (Å²) >= 11 is 0. The summed E-state index contributed by atoms with van der Waals surface area (Å²) in [6.07, 6.45) is 6.58. The van der Waals surface area contributed by atoms with Gasteiger partial charge in [0.1, 0.15) is 5.82 Å². The molecule has 1 fully saturated rings. The van der Waals surface area contributed by atoms with Crippen molar-refractivity contribution in [1.29, 1.82) is 0 Å². The van der Waals surface area contributed by atoms with Gasteiger partial charge in [-0.2, -0.15) is 5.10 Å². The van der Waals surface area contributed by atoms with Crippen molar-refractivity contribution in [1.82, 2.24) is 24.6 Å². The molecule has 0 spiro atoms. The fraction of sp³-hybridized carbons (Fsp3) is 0.450. The van der Waals surface area contributed by atoms with Crippen molar-refractivity contribution in [2.24, 2.45) is 0 Å². The molecule has 1 atom stereocenters. The summed E-state index contributed by atoms with van der Waals surface area (Å²) in [7, 11) is 0. The van der Waals surface area contributed by atoms with Crippen molar-refractivity contribution in [2.75, 3.05) is 6.54 Å². The van der Waals surface area contributed by atoms with E-state index in [4.69, 9.17) is 4.98 Å². The van der Waals surface area contributed by atoms with Crippen LogP contribution in [0, 0.1) is 13.8 Å². The van der Waals surface area contributed by atoms with E-state index in [1.165, 1.54) is 11.1 Å². The van der Waals surface area contributed by atoms with Crippen LogP contribution in [-0.2, 0) is 6.54 Å². The molecule has 1 unspecified atom stereocenters. The van der Waals surface area contributed by atoms with Crippen LogP contribution in [0.25, 0.3) is 11.0 Å². The number of hydrogen-bond acceptors (Lipinski definition) is 3. The molecule has 0 aliphatic carbocycles. The summed E-state index contributed by atoms with van der Waals surface area (Å²) in [5.41, 5.74) is 5.15. The monoisotopic (exact) mass is 351 g/mol. The number of carbonyl (C=O) groups is 1. The average molecular weight is 351 g/mol. The maximum absolute atomic E-state index is 13.1. The lowest BCUT2D eigenvalue weighted by Gasteiger charge is -2.34. The Morgan fingerprint density at radius 1 is 1.27 bits per heavy atom. The molecule has 3 heterocycles. The van der Waals surface area contributed by atoms with E-state index >= 15 is 0 Å². The van der Waals surface area contributed by atoms with E-state index in [9.17, 15) is 4.79 Å². The normalized spacial score (nSPS) is 17.8. The van der Waals surface area contributed by atoms with Gasteiger partial charge >= 0.3 is 0 Å². The smallest absolute Gasteiger partial charge is 0.257 e. The molecule has 0 radical (unpaired) electrons. The number of likely N-dealkylation sites (tertiary alicyclic amines) is 1. The Labute approximate surface area is 153 Å². The van der Waals surface area contributed by atoms with E-state index in [2.05, 4.69) is 36.1 Å². The minimum absolute atomic E-state index is 0.00533. The topological polar surface area (TPSA) is 66.8 Å². The van der Waals surface area contributed by atoms with Gasteiger partial charge < -0.3 is 9.88 Å². The van der Waals surface area contributed by atoms with Crippen molar-refractivity contribution in [3.63, 3.8) is 0 Å². The van der Waals surface area contributed by atoms with E-state index in [0.717, 1.165) is 49.2 Å². The van der Waals surface area contributed by atoms with Crippen LogP contribution >= 0.6 is 0 Å². The first kappa shape index (κ1) is 16.8. The first-order chi connectivity index (χ1) is 12.6. The molecule has 6 nitrogen and oxygen atoms in total. The molecule has 136 valence electrons.